The van der Waals surface area contributed by atoms with Gasteiger partial charge in [0.1, 0.15) is 11.8 Å². The Bertz CT molecular complexity index is 1620. The zero-order valence-corrected chi connectivity index (χ0v) is 23.1. The summed E-state index contributed by atoms with van der Waals surface area (Å²) < 4.78 is 15.9. The van der Waals surface area contributed by atoms with Crippen molar-refractivity contribution in [3.05, 3.63) is 70.1 Å². The number of hydrogen-bond acceptors (Lipinski definition) is 7. The van der Waals surface area contributed by atoms with E-state index in [9.17, 15) is 9.65 Å². The van der Waals surface area contributed by atoms with E-state index >= 15 is 0 Å². The molecule has 0 saturated heterocycles. The predicted octanol–water partition coefficient (Wildman–Crippen LogP) is 6.36. The fraction of sp³-hybridized carbons (Fsp3) is 0.414. The van der Waals surface area contributed by atoms with Crippen LogP contribution >= 0.6 is 11.6 Å². The van der Waals surface area contributed by atoms with Gasteiger partial charge in [-0.15, -0.1) is 5.10 Å². The van der Waals surface area contributed by atoms with Gasteiger partial charge in [0.25, 0.3) is 0 Å². The number of pyridine rings is 2. The molecule has 0 aliphatic heterocycles. The molecular weight excluding hydrogens is 515 g/mol. The van der Waals surface area contributed by atoms with Crippen LogP contribution in [0.1, 0.15) is 68.6 Å². The van der Waals surface area contributed by atoms with Gasteiger partial charge in [-0.3, -0.25) is 4.98 Å². The van der Waals surface area contributed by atoms with Gasteiger partial charge in [0.2, 0.25) is 5.95 Å². The van der Waals surface area contributed by atoms with Gasteiger partial charge in [-0.05, 0) is 55.7 Å². The highest BCUT2D eigenvalue weighted by atomic mass is 35.5. The molecule has 2 N–H and O–H groups in total. The van der Waals surface area contributed by atoms with Gasteiger partial charge in [-0.25, -0.2) is 9.67 Å². The largest absolute Gasteiger partial charge is 0.383 e. The van der Waals surface area contributed by atoms with Gasteiger partial charge in [0, 0.05) is 35.1 Å². The highest BCUT2D eigenvalue weighted by Gasteiger charge is 2.58. The highest BCUT2D eigenvalue weighted by molar-refractivity contribution is 6.35. The lowest BCUT2D eigenvalue weighted by Crippen LogP contribution is -2.59. The van der Waals surface area contributed by atoms with Crippen LogP contribution in [0.4, 0.5) is 15.8 Å². The number of aryl methyl sites for hydroxylation is 1. The van der Waals surface area contributed by atoms with Crippen LogP contribution in [0.3, 0.4) is 0 Å². The summed E-state index contributed by atoms with van der Waals surface area (Å²) in [7, 11) is 0. The van der Waals surface area contributed by atoms with Gasteiger partial charge in [-0.2, -0.15) is 9.65 Å². The van der Waals surface area contributed by atoms with E-state index in [0.717, 1.165) is 36.1 Å². The Kier molecular flexibility index (Phi) is 5.99. The molecule has 1 aromatic carbocycles. The number of nitriles is 1. The standard InChI is InChI=1S/C29H30ClFN8/c1-16-20(5-6-24(31)35-16)27(23-14-39(38-37-23)29-9-17(10-29)11-29)36-19-7-21-25(34-15-28(2,3)4)18(12-32)13-33-26(21)22(30)8-19/h5-8,13-14,17,27,36H,9-11,15H2,1-4H3,(H,33,34). The molecule has 3 aromatic heterocycles. The SMILES string of the molecule is Cc1nc(F)ccc1C(Nc1cc(Cl)c2ncc(C#N)c(NCC(C)(C)C)c2c1)c1cn(C23CC(C2)C3)nn1. The Balaban J connectivity index is 1.43. The molecule has 3 aliphatic rings. The van der Waals surface area contributed by atoms with E-state index < -0.39 is 12.0 Å². The van der Waals surface area contributed by atoms with Crippen LogP contribution in [0.2, 0.25) is 5.02 Å². The van der Waals surface area contributed by atoms with Crippen LogP contribution in [0.5, 0.6) is 0 Å². The van der Waals surface area contributed by atoms with Gasteiger partial charge >= 0.3 is 0 Å². The minimum Gasteiger partial charge on any atom is -0.383 e. The topological polar surface area (TPSA) is 104 Å². The van der Waals surface area contributed by atoms with Gasteiger partial charge in [0.15, 0.2) is 0 Å². The molecule has 3 saturated carbocycles. The number of hydrogen-bond donors (Lipinski definition) is 2. The summed E-state index contributed by atoms with van der Waals surface area (Å²) in [4.78, 5) is 8.53. The molecule has 1 unspecified atom stereocenters. The summed E-state index contributed by atoms with van der Waals surface area (Å²) in [6, 6.07) is 8.62. The van der Waals surface area contributed by atoms with Crippen LogP contribution in [-0.4, -0.2) is 31.5 Å². The fourth-order valence-electron chi connectivity index (χ4n) is 5.65. The van der Waals surface area contributed by atoms with E-state index in [2.05, 4.69) is 57.8 Å². The Morgan fingerprint density at radius 3 is 2.67 bits per heavy atom. The van der Waals surface area contributed by atoms with Crippen molar-refractivity contribution in [2.75, 3.05) is 17.2 Å². The molecule has 200 valence electrons. The number of anilines is 2. The first-order valence-corrected chi connectivity index (χ1v) is 13.5. The number of nitrogens with one attached hydrogen (secondary N) is 2. The van der Waals surface area contributed by atoms with Crippen molar-refractivity contribution < 1.29 is 4.39 Å². The minimum absolute atomic E-state index is 0.00754. The van der Waals surface area contributed by atoms with Crippen molar-refractivity contribution in [1.29, 1.82) is 5.26 Å². The molecule has 7 rings (SSSR count). The third-order valence-electron chi connectivity index (χ3n) is 7.85. The van der Waals surface area contributed by atoms with E-state index in [-0.39, 0.29) is 11.0 Å². The molecule has 8 nitrogen and oxygen atoms in total. The smallest absolute Gasteiger partial charge is 0.213 e. The first kappa shape index (κ1) is 25.5. The monoisotopic (exact) mass is 544 g/mol. The molecule has 0 radical (unpaired) electrons. The summed E-state index contributed by atoms with van der Waals surface area (Å²) in [5.74, 6) is 0.272. The first-order chi connectivity index (χ1) is 18.5. The molecule has 4 aromatic rings. The summed E-state index contributed by atoms with van der Waals surface area (Å²) in [5, 5.41) is 27.0. The second-order valence-electron chi connectivity index (χ2n) is 12.1. The number of halogens is 2. The van der Waals surface area contributed by atoms with E-state index in [1.165, 1.54) is 6.07 Å². The Morgan fingerprint density at radius 2 is 2.03 bits per heavy atom. The molecule has 0 spiro atoms. The second kappa shape index (κ2) is 9.16. The van der Waals surface area contributed by atoms with Crippen LogP contribution < -0.4 is 10.6 Å². The quantitative estimate of drug-likeness (QED) is 0.261. The van der Waals surface area contributed by atoms with E-state index in [1.54, 1.807) is 25.3 Å². The normalized spacial score (nSPS) is 20.6. The molecule has 10 heteroatoms. The highest BCUT2D eigenvalue weighted by Crippen LogP contribution is 2.62. The molecular formula is C29H30ClFN8. The van der Waals surface area contributed by atoms with Crippen molar-refractivity contribution >= 4 is 33.9 Å². The average molecular weight is 545 g/mol. The maximum atomic E-state index is 13.9. The van der Waals surface area contributed by atoms with Crippen LogP contribution in [0, 0.1) is 35.5 Å². The maximum absolute atomic E-state index is 13.9. The van der Waals surface area contributed by atoms with E-state index in [0.29, 0.717) is 45.4 Å². The zero-order valence-electron chi connectivity index (χ0n) is 22.4. The summed E-state index contributed by atoms with van der Waals surface area (Å²) >= 11 is 6.74. The van der Waals surface area contributed by atoms with E-state index in [4.69, 9.17) is 11.6 Å². The van der Waals surface area contributed by atoms with Crippen LogP contribution in [0.25, 0.3) is 10.9 Å². The summed E-state index contributed by atoms with van der Waals surface area (Å²) in [6.45, 7) is 8.81. The van der Waals surface area contributed by atoms with Crippen molar-refractivity contribution in [1.82, 2.24) is 25.0 Å². The van der Waals surface area contributed by atoms with Gasteiger partial charge in [-0.1, -0.05) is 43.7 Å². The maximum Gasteiger partial charge on any atom is 0.213 e. The summed E-state index contributed by atoms with van der Waals surface area (Å²) in [6.07, 6.45) is 6.97. The van der Waals surface area contributed by atoms with Gasteiger partial charge < -0.3 is 10.6 Å². The second-order valence-corrected chi connectivity index (χ2v) is 12.5. The molecule has 3 heterocycles. The van der Waals surface area contributed by atoms with E-state index in [1.807, 2.05) is 16.9 Å². The molecule has 2 bridgehead atoms. The molecule has 3 fully saturated rings. The number of fused-ring (bicyclic) bond motifs is 1. The summed E-state index contributed by atoms with van der Waals surface area (Å²) in [5.41, 5.74) is 4.57. The molecule has 39 heavy (non-hydrogen) atoms. The third-order valence-corrected chi connectivity index (χ3v) is 8.14. The Hall–Kier alpha value is -3.77. The molecule has 1 atom stereocenters. The predicted molar refractivity (Wildman–Crippen MR) is 149 cm³/mol. The van der Waals surface area contributed by atoms with Crippen LogP contribution in [-0.2, 0) is 5.54 Å². The number of nitrogens with zero attached hydrogens (tertiary/aromatic N) is 6. The Labute approximate surface area is 231 Å². The van der Waals surface area contributed by atoms with Crippen molar-refractivity contribution in [3.63, 3.8) is 0 Å². The number of aromatic nitrogens is 5. The van der Waals surface area contributed by atoms with Crippen molar-refractivity contribution in [3.8, 4) is 6.07 Å². The zero-order chi connectivity index (χ0) is 27.5. The third kappa shape index (κ3) is 4.57. The molecule has 3 aliphatic carbocycles. The lowest BCUT2D eigenvalue weighted by Gasteiger charge is -2.61. The number of benzene rings is 1. The average Bonchev–Trinajstić information content (AvgIpc) is 3.28. The van der Waals surface area contributed by atoms with Crippen LogP contribution in [0.15, 0.2) is 36.7 Å². The minimum atomic E-state index is -0.536. The lowest BCUT2D eigenvalue weighted by molar-refractivity contribution is -0.0989. The number of rotatable bonds is 7. The molecule has 0 amide bonds. The van der Waals surface area contributed by atoms with Crippen molar-refractivity contribution in [2.24, 2.45) is 11.3 Å². The lowest BCUT2D eigenvalue weighted by atomic mass is 9.50. The van der Waals surface area contributed by atoms with Crippen molar-refractivity contribution in [2.45, 2.75) is 58.5 Å². The first-order valence-electron chi connectivity index (χ1n) is 13.1. The van der Waals surface area contributed by atoms with Gasteiger partial charge in [0.05, 0.1) is 39.6 Å². The fourth-order valence-corrected chi connectivity index (χ4v) is 5.92. The Morgan fingerprint density at radius 1 is 1.26 bits per heavy atom.